The molecule has 1 aromatic rings. The average Bonchev–Trinajstić information content (AvgIpc) is 2.13. The monoisotopic (exact) mass is 182 g/mol. The van der Waals surface area contributed by atoms with Gasteiger partial charge in [-0.15, -0.1) is 0 Å². The second-order valence-corrected chi connectivity index (χ2v) is 2.42. The van der Waals surface area contributed by atoms with E-state index < -0.39 is 0 Å². The molecule has 0 unspecified atom stereocenters. The summed E-state index contributed by atoms with van der Waals surface area (Å²) in [6.07, 6.45) is 3.24. The molecule has 3 heteroatoms. The van der Waals surface area contributed by atoms with E-state index in [0.717, 1.165) is 0 Å². The standard InChI is InChI=1S/C10H11FO2/c11-9-4-3-5-10(8-9)13-7-2-1-6-12/h1-5,8,12H,6-7H2/b2-1+. The van der Waals surface area contributed by atoms with Crippen LogP contribution in [0, 0.1) is 5.82 Å². The van der Waals surface area contributed by atoms with Crippen molar-refractivity contribution in [2.45, 2.75) is 0 Å². The lowest BCUT2D eigenvalue weighted by atomic mass is 10.3. The van der Waals surface area contributed by atoms with Gasteiger partial charge in [-0.25, -0.2) is 4.39 Å². The summed E-state index contributed by atoms with van der Waals surface area (Å²) in [4.78, 5) is 0. The maximum absolute atomic E-state index is 12.6. The van der Waals surface area contributed by atoms with E-state index in [1.807, 2.05) is 0 Å². The Morgan fingerprint density at radius 1 is 1.38 bits per heavy atom. The average molecular weight is 182 g/mol. The van der Waals surface area contributed by atoms with E-state index in [1.54, 1.807) is 24.3 Å². The van der Waals surface area contributed by atoms with Gasteiger partial charge >= 0.3 is 0 Å². The summed E-state index contributed by atoms with van der Waals surface area (Å²) in [7, 11) is 0. The number of aliphatic hydroxyl groups excluding tert-OH is 1. The van der Waals surface area contributed by atoms with Gasteiger partial charge in [0.2, 0.25) is 0 Å². The highest BCUT2D eigenvalue weighted by Gasteiger charge is 1.92. The molecule has 0 bridgehead atoms. The topological polar surface area (TPSA) is 29.5 Å². The predicted octanol–water partition coefficient (Wildman–Crippen LogP) is 1.75. The summed E-state index contributed by atoms with van der Waals surface area (Å²) < 4.78 is 17.8. The molecule has 0 amide bonds. The van der Waals surface area contributed by atoms with E-state index in [4.69, 9.17) is 9.84 Å². The highest BCUT2D eigenvalue weighted by atomic mass is 19.1. The van der Waals surface area contributed by atoms with Crippen LogP contribution in [0.4, 0.5) is 4.39 Å². The fourth-order valence-electron chi connectivity index (χ4n) is 0.844. The molecule has 2 nitrogen and oxygen atoms in total. The van der Waals surface area contributed by atoms with Crippen LogP contribution in [0.15, 0.2) is 36.4 Å². The Labute approximate surface area is 76.3 Å². The molecule has 0 aliphatic rings. The van der Waals surface area contributed by atoms with Crippen LogP contribution in [0.3, 0.4) is 0 Å². The van der Waals surface area contributed by atoms with Gasteiger partial charge in [0.25, 0.3) is 0 Å². The quantitative estimate of drug-likeness (QED) is 0.719. The van der Waals surface area contributed by atoms with Crippen LogP contribution in [0.2, 0.25) is 0 Å². The zero-order valence-corrected chi connectivity index (χ0v) is 7.11. The van der Waals surface area contributed by atoms with Crippen LogP contribution in [-0.2, 0) is 0 Å². The van der Waals surface area contributed by atoms with Gasteiger partial charge in [0.1, 0.15) is 18.2 Å². The molecule has 1 N–H and O–H groups in total. The number of ether oxygens (including phenoxy) is 1. The third-order valence-electron chi connectivity index (χ3n) is 1.41. The van der Waals surface area contributed by atoms with Crippen molar-refractivity contribution in [1.29, 1.82) is 0 Å². The van der Waals surface area contributed by atoms with Gasteiger partial charge in [0.15, 0.2) is 0 Å². The zero-order valence-electron chi connectivity index (χ0n) is 7.11. The summed E-state index contributed by atoms with van der Waals surface area (Å²) in [5.74, 6) is 0.172. The molecule has 0 aliphatic carbocycles. The Morgan fingerprint density at radius 2 is 2.23 bits per heavy atom. The van der Waals surface area contributed by atoms with Gasteiger partial charge in [-0.1, -0.05) is 12.1 Å². The largest absolute Gasteiger partial charge is 0.489 e. The molecule has 0 aromatic heterocycles. The number of benzene rings is 1. The Bertz CT molecular complexity index is 284. The molecule has 1 rings (SSSR count). The SMILES string of the molecule is OC/C=C/COc1cccc(F)c1. The van der Waals surface area contributed by atoms with Crippen LogP contribution in [0.1, 0.15) is 0 Å². The summed E-state index contributed by atoms with van der Waals surface area (Å²) in [5, 5.41) is 8.41. The summed E-state index contributed by atoms with van der Waals surface area (Å²) in [6.45, 7) is 0.330. The summed E-state index contributed by atoms with van der Waals surface area (Å²) in [6, 6.07) is 5.93. The van der Waals surface area contributed by atoms with E-state index in [1.165, 1.54) is 12.1 Å². The van der Waals surface area contributed by atoms with Gasteiger partial charge in [-0.05, 0) is 18.2 Å². The van der Waals surface area contributed by atoms with Crippen LogP contribution < -0.4 is 4.74 Å². The minimum atomic E-state index is -0.316. The van der Waals surface area contributed by atoms with Crippen molar-refractivity contribution < 1.29 is 14.2 Å². The third-order valence-corrected chi connectivity index (χ3v) is 1.41. The third kappa shape index (κ3) is 3.71. The van der Waals surface area contributed by atoms with Crippen molar-refractivity contribution in [3.8, 4) is 5.75 Å². The number of halogens is 1. The maximum Gasteiger partial charge on any atom is 0.126 e. The van der Waals surface area contributed by atoms with Gasteiger partial charge in [0, 0.05) is 6.07 Å². The molecule has 0 spiro atoms. The first-order valence-electron chi connectivity index (χ1n) is 3.97. The molecule has 0 aliphatic heterocycles. The first-order valence-corrected chi connectivity index (χ1v) is 3.97. The van der Waals surface area contributed by atoms with Gasteiger partial charge < -0.3 is 9.84 Å². The zero-order chi connectivity index (χ0) is 9.52. The van der Waals surface area contributed by atoms with Crippen molar-refractivity contribution in [1.82, 2.24) is 0 Å². The van der Waals surface area contributed by atoms with Crippen LogP contribution >= 0.6 is 0 Å². The Morgan fingerprint density at radius 3 is 2.92 bits per heavy atom. The van der Waals surface area contributed by atoms with E-state index in [0.29, 0.717) is 12.4 Å². The molecule has 1 aromatic carbocycles. The molecular weight excluding hydrogens is 171 g/mol. The van der Waals surface area contributed by atoms with Crippen LogP contribution in [0.5, 0.6) is 5.75 Å². The second-order valence-electron chi connectivity index (χ2n) is 2.42. The van der Waals surface area contributed by atoms with E-state index in [2.05, 4.69) is 0 Å². The molecule has 13 heavy (non-hydrogen) atoms. The maximum atomic E-state index is 12.6. The Hall–Kier alpha value is -1.35. The smallest absolute Gasteiger partial charge is 0.126 e. The second kappa shape index (κ2) is 5.32. The van der Waals surface area contributed by atoms with Crippen LogP contribution in [0.25, 0.3) is 0 Å². The minimum Gasteiger partial charge on any atom is -0.489 e. The highest BCUT2D eigenvalue weighted by molar-refractivity contribution is 5.22. The van der Waals surface area contributed by atoms with Crippen molar-refractivity contribution in [2.24, 2.45) is 0 Å². The number of hydrogen-bond acceptors (Lipinski definition) is 2. The van der Waals surface area contributed by atoms with Crippen molar-refractivity contribution in [3.05, 3.63) is 42.2 Å². The fourth-order valence-corrected chi connectivity index (χ4v) is 0.844. The molecule has 0 heterocycles. The predicted molar refractivity (Wildman–Crippen MR) is 48.1 cm³/mol. The van der Waals surface area contributed by atoms with E-state index in [-0.39, 0.29) is 12.4 Å². The number of hydrogen-bond donors (Lipinski definition) is 1. The molecule has 0 saturated heterocycles. The number of rotatable bonds is 4. The van der Waals surface area contributed by atoms with Crippen molar-refractivity contribution in [2.75, 3.05) is 13.2 Å². The fraction of sp³-hybridized carbons (Fsp3) is 0.200. The van der Waals surface area contributed by atoms with Crippen LogP contribution in [-0.4, -0.2) is 18.3 Å². The summed E-state index contributed by atoms with van der Waals surface area (Å²) >= 11 is 0. The Kier molecular flexibility index (Phi) is 3.99. The van der Waals surface area contributed by atoms with Crippen molar-refractivity contribution >= 4 is 0 Å². The summed E-state index contributed by atoms with van der Waals surface area (Å²) in [5.41, 5.74) is 0. The first-order chi connectivity index (χ1) is 6.33. The normalized spacial score (nSPS) is 10.6. The lowest BCUT2D eigenvalue weighted by Gasteiger charge is -2.01. The molecule has 0 fully saturated rings. The minimum absolute atomic E-state index is 0.00743. The van der Waals surface area contributed by atoms with E-state index >= 15 is 0 Å². The number of aliphatic hydroxyl groups is 1. The lowest BCUT2D eigenvalue weighted by Crippen LogP contribution is -1.93. The van der Waals surface area contributed by atoms with Gasteiger partial charge in [0.05, 0.1) is 6.61 Å². The molecule has 0 atom stereocenters. The van der Waals surface area contributed by atoms with Gasteiger partial charge in [-0.3, -0.25) is 0 Å². The molecule has 0 radical (unpaired) electrons. The van der Waals surface area contributed by atoms with E-state index in [9.17, 15) is 4.39 Å². The molecule has 70 valence electrons. The lowest BCUT2D eigenvalue weighted by molar-refractivity contribution is 0.336. The molecule has 0 saturated carbocycles. The molecular formula is C10H11FO2. The Balaban J connectivity index is 2.41. The first kappa shape index (κ1) is 9.74. The van der Waals surface area contributed by atoms with Crippen molar-refractivity contribution in [3.63, 3.8) is 0 Å². The van der Waals surface area contributed by atoms with Gasteiger partial charge in [-0.2, -0.15) is 0 Å². The highest BCUT2D eigenvalue weighted by Crippen LogP contribution is 2.11.